The predicted molar refractivity (Wildman–Crippen MR) is 56.0 cm³/mol. The summed E-state index contributed by atoms with van der Waals surface area (Å²) >= 11 is 3.52. The van der Waals surface area contributed by atoms with E-state index in [1.54, 1.807) is 16.8 Å². The quantitative estimate of drug-likeness (QED) is 0.718. The van der Waals surface area contributed by atoms with Crippen molar-refractivity contribution in [1.29, 1.82) is 0 Å². The minimum Gasteiger partial charge on any atom is -0.360 e. The summed E-state index contributed by atoms with van der Waals surface area (Å²) in [6, 6.07) is 0. The normalized spacial score (nSPS) is 10.1. The highest BCUT2D eigenvalue weighted by Crippen LogP contribution is 2.08. The van der Waals surface area contributed by atoms with Gasteiger partial charge in [0.2, 0.25) is 5.13 Å². The van der Waals surface area contributed by atoms with Crippen LogP contribution in [0, 0.1) is 0 Å². The van der Waals surface area contributed by atoms with Crippen LogP contribution in [0.25, 0.3) is 0 Å². The lowest BCUT2D eigenvalue weighted by molar-refractivity contribution is 0.973. The van der Waals surface area contributed by atoms with Crippen LogP contribution in [0.3, 0.4) is 0 Å². The second-order valence-electron chi connectivity index (χ2n) is 2.22. The third kappa shape index (κ3) is 3.92. The van der Waals surface area contributed by atoms with Crippen molar-refractivity contribution in [3.63, 3.8) is 0 Å². The molecule has 68 valence electrons. The molecule has 1 aromatic rings. The van der Waals surface area contributed by atoms with Crippen molar-refractivity contribution in [3.8, 4) is 0 Å². The highest BCUT2D eigenvalue weighted by atomic mass is 32.2. The van der Waals surface area contributed by atoms with Gasteiger partial charge in [0.15, 0.2) is 0 Å². The predicted octanol–water partition coefficient (Wildman–Crippen LogP) is 2.09. The van der Waals surface area contributed by atoms with Crippen LogP contribution in [0.1, 0.15) is 13.3 Å². The lowest BCUT2D eigenvalue weighted by Gasteiger charge is -2.00. The zero-order valence-electron chi connectivity index (χ0n) is 7.12. The largest absolute Gasteiger partial charge is 0.360 e. The van der Waals surface area contributed by atoms with Gasteiger partial charge in [0.05, 0.1) is 0 Å². The molecular weight excluding hydrogens is 190 g/mol. The summed E-state index contributed by atoms with van der Waals surface area (Å²) in [6.45, 7) is 3.19. The van der Waals surface area contributed by atoms with Crippen LogP contribution in [0.5, 0.6) is 0 Å². The summed E-state index contributed by atoms with van der Waals surface area (Å²) in [6.07, 6.45) is 1.19. The summed E-state index contributed by atoms with van der Waals surface area (Å²) < 4.78 is 0. The van der Waals surface area contributed by atoms with Crippen molar-refractivity contribution >= 4 is 28.2 Å². The standard InChI is InChI=1S/C7H13N3S2/c1-2-11-5-3-4-8-7-10-9-6-12-7/h6H,2-5H2,1H3,(H,8,10). The molecule has 0 aliphatic rings. The fourth-order valence-corrected chi connectivity index (χ4v) is 1.87. The summed E-state index contributed by atoms with van der Waals surface area (Å²) in [7, 11) is 0. The molecule has 0 saturated heterocycles. The Kier molecular flexibility index (Phi) is 5.10. The van der Waals surface area contributed by atoms with E-state index in [1.807, 2.05) is 11.8 Å². The number of nitrogens with one attached hydrogen (secondary N) is 1. The Morgan fingerprint density at radius 3 is 3.25 bits per heavy atom. The lowest BCUT2D eigenvalue weighted by Crippen LogP contribution is -2.02. The molecule has 0 spiro atoms. The molecular formula is C7H13N3S2. The van der Waals surface area contributed by atoms with Gasteiger partial charge in [-0.05, 0) is 17.9 Å². The van der Waals surface area contributed by atoms with E-state index in [0.29, 0.717) is 0 Å². The van der Waals surface area contributed by atoms with E-state index in [-0.39, 0.29) is 0 Å². The molecule has 1 N–H and O–H groups in total. The molecule has 1 rings (SSSR count). The van der Waals surface area contributed by atoms with Crippen LogP contribution in [0.2, 0.25) is 0 Å². The topological polar surface area (TPSA) is 37.8 Å². The highest BCUT2D eigenvalue weighted by molar-refractivity contribution is 7.99. The number of aromatic nitrogens is 2. The van der Waals surface area contributed by atoms with Gasteiger partial charge in [-0.1, -0.05) is 18.3 Å². The van der Waals surface area contributed by atoms with E-state index in [0.717, 1.165) is 11.7 Å². The molecule has 0 atom stereocenters. The van der Waals surface area contributed by atoms with Crippen molar-refractivity contribution in [3.05, 3.63) is 5.51 Å². The Labute approximate surface area is 81.0 Å². The molecule has 3 nitrogen and oxygen atoms in total. The van der Waals surface area contributed by atoms with Crippen LogP contribution < -0.4 is 5.32 Å². The summed E-state index contributed by atoms with van der Waals surface area (Å²) in [5.74, 6) is 2.43. The van der Waals surface area contributed by atoms with Crippen LogP contribution in [0.15, 0.2) is 5.51 Å². The second kappa shape index (κ2) is 6.25. The molecule has 0 aliphatic carbocycles. The Bertz CT molecular complexity index is 189. The average Bonchev–Trinajstić information content (AvgIpc) is 2.57. The van der Waals surface area contributed by atoms with Gasteiger partial charge in [-0.15, -0.1) is 10.2 Å². The van der Waals surface area contributed by atoms with Crippen molar-refractivity contribution in [1.82, 2.24) is 10.2 Å². The number of nitrogens with zero attached hydrogens (tertiary/aromatic N) is 2. The molecule has 12 heavy (non-hydrogen) atoms. The maximum absolute atomic E-state index is 3.88. The summed E-state index contributed by atoms with van der Waals surface area (Å²) in [5, 5.41) is 11.8. The number of thioether (sulfide) groups is 1. The molecule has 0 unspecified atom stereocenters. The van der Waals surface area contributed by atoms with Gasteiger partial charge in [-0.25, -0.2) is 0 Å². The number of hydrogen-bond acceptors (Lipinski definition) is 5. The molecule has 0 amide bonds. The van der Waals surface area contributed by atoms with Gasteiger partial charge in [0.25, 0.3) is 0 Å². The van der Waals surface area contributed by atoms with Crippen LogP contribution in [-0.4, -0.2) is 28.2 Å². The first-order chi connectivity index (χ1) is 5.93. The second-order valence-corrected chi connectivity index (χ2v) is 4.45. The lowest BCUT2D eigenvalue weighted by atomic mass is 10.5. The van der Waals surface area contributed by atoms with Gasteiger partial charge in [0.1, 0.15) is 5.51 Å². The summed E-state index contributed by atoms with van der Waals surface area (Å²) in [4.78, 5) is 0. The smallest absolute Gasteiger partial charge is 0.205 e. The van der Waals surface area contributed by atoms with Gasteiger partial charge in [0, 0.05) is 6.54 Å². The SMILES string of the molecule is CCSCCCNc1nncs1. The van der Waals surface area contributed by atoms with Crippen molar-refractivity contribution in [2.45, 2.75) is 13.3 Å². The van der Waals surface area contributed by atoms with E-state index in [9.17, 15) is 0 Å². The fourth-order valence-electron chi connectivity index (χ4n) is 0.764. The molecule has 1 heterocycles. The highest BCUT2D eigenvalue weighted by Gasteiger charge is 1.93. The molecule has 5 heteroatoms. The van der Waals surface area contributed by atoms with Crippen LogP contribution >= 0.6 is 23.1 Å². The van der Waals surface area contributed by atoms with Crippen molar-refractivity contribution in [2.75, 3.05) is 23.4 Å². The fraction of sp³-hybridized carbons (Fsp3) is 0.714. The van der Waals surface area contributed by atoms with Crippen LogP contribution in [-0.2, 0) is 0 Å². The maximum atomic E-state index is 3.88. The Morgan fingerprint density at radius 2 is 2.58 bits per heavy atom. The van der Waals surface area contributed by atoms with Crippen LogP contribution in [0.4, 0.5) is 5.13 Å². The molecule has 0 aromatic carbocycles. The number of rotatable bonds is 6. The maximum Gasteiger partial charge on any atom is 0.205 e. The Balaban J connectivity index is 1.96. The molecule has 0 radical (unpaired) electrons. The zero-order chi connectivity index (χ0) is 8.65. The molecule has 1 aromatic heterocycles. The molecule has 0 fully saturated rings. The van der Waals surface area contributed by atoms with Gasteiger partial charge < -0.3 is 5.32 Å². The average molecular weight is 203 g/mol. The van der Waals surface area contributed by atoms with Crippen molar-refractivity contribution < 1.29 is 0 Å². The summed E-state index contributed by atoms with van der Waals surface area (Å²) in [5.41, 5.74) is 1.74. The van der Waals surface area contributed by atoms with Crippen molar-refractivity contribution in [2.24, 2.45) is 0 Å². The Hall–Kier alpha value is -0.290. The molecule has 0 saturated carbocycles. The minimum absolute atomic E-state index is 0.927. The van der Waals surface area contributed by atoms with E-state index in [4.69, 9.17) is 0 Å². The number of hydrogen-bond donors (Lipinski definition) is 1. The van der Waals surface area contributed by atoms with E-state index < -0.39 is 0 Å². The first-order valence-electron chi connectivity index (χ1n) is 4.01. The molecule has 0 aliphatic heterocycles. The van der Waals surface area contributed by atoms with Gasteiger partial charge in [-0.3, -0.25) is 0 Å². The Morgan fingerprint density at radius 1 is 1.67 bits per heavy atom. The van der Waals surface area contributed by atoms with E-state index in [1.165, 1.54) is 17.9 Å². The number of anilines is 1. The van der Waals surface area contributed by atoms with E-state index in [2.05, 4.69) is 22.4 Å². The monoisotopic (exact) mass is 203 g/mol. The molecule has 0 bridgehead atoms. The first kappa shape index (κ1) is 9.80. The third-order valence-corrected chi connectivity index (χ3v) is 2.94. The van der Waals surface area contributed by atoms with E-state index >= 15 is 0 Å². The third-order valence-electron chi connectivity index (χ3n) is 1.31. The van der Waals surface area contributed by atoms with Gasteiger partial charge in [-0.2, -0.15) is 11.8 Å². The van der Waals surface area contributed by atoms with Gasteiger partial charge >= 0.3 is 0 Å². The first-order valence-corrected chi connectivity index (χ1v) is 6.04. The zero-order valence-corrected chi connectivity index (χ0v) is 8.75. The minimum atomic E-state index is 0.927.